The molecule has 0 aliphatic heterocycles. The molecule has 0 heterocycles. The van der Waals surface area contributed by atoms with Gasteiger partial charge in [-0.15, -0.1) is 0 Å². The molecule has 4 fully saturated rings. The molecule has 4 N–H and O–H groups in total. The minimum Gasteiger partial charge on any atom is -0.493 e. The Hall–Kier alpha value is -6.42. The Bertz CT molecular complexity index is 2130. The Balaban J connectivity index is 0.000000224. The minimum absolute atomic E-state index is 0. The quantitative estimate of drug-likeness (QED) is 0.118. The molecule has 324 valence electrons. The molecule has 0 bridgehead atoms. The van der Waals surface area contributed by atoms with E-state index in [1.165, 1.54) is 7.11 Å². The average Bonchev–Trinajstić information content (AvgIpc) is 3.19. The fraction of sp³-hybridized carbons (Fsp3) is 0.417. The number of nitrogens with two attached hydrogens (primary N) is 1. The summed E-state index contributed by atoms with van der Waals surface area (Å²) in [6, 6.07) is 32.1. The smallest absolute Gasteiger partial charge is 0.407 e. The number of primary amides is 1. The van der Waals surface area contributed by atoms with Crippen LogP contribution in [0.5, 0.6) is 23.0 Å². The second-order valence-electron chi connectivity index (χ2n) is 16.1. The molecule has 4 aromatic rings. The number of carbonyl (C=O) groups is 3. The number of ether oxygens (including phenoxy) is 6. The summed E-state index contributed by atoms with van der Waals surface area (Å²) in [6.07, 6.45) is 6.61. The van der Waals surface area contributed by atoms with E-state index in [0.717, 1.165) is 62.5 Å². The Morgan fingerprint density at radius 3 is 1.48 bits per heavy atom. The lowest BCUT2D eigenvalue weighted by molar-refractivity contribution is -0.0853. The SMILES string of the molecule is C.C.COc1cccc(C#N)c1OC1CC2(CC(NC(=O)OCc3ccccc3)C2)C1.COc1cccc(C(N)=O)c1OC1CC2(CC(NC(=O)OCc3ccccc3)C2)C1. The lowest BCUT2D eigenvalue weighted by Crippen LogP contribution is -2.58. The number of methoxy groups -OCH3 is 2. The lowest BCUT2D eigenvalue weighted by atomic mass is 9.53. The van der Waals surface area contributed by atoms with Crippen molar-refractivity contribution in [2.24, 2.45) is 16.6 Å². The summed E-state index contributed by atoms with van der Waals surface area (Å²) in [4.78, 5) is 35.7. The van der Waals surface area contributed by atoms with E-state index in [-0.39, 0.29) is 75.4 Å². The van der Waals surface area contributed by atoms with Crippen LogP contribution in [0.2, 0.25) is 0 Å². The van der Waals surface area contributed by atoms with Crippen molar-refractivity contribution < 1.29 is 42.8 Å². The van der Waals surface area contributed by atoms with E-state index >= 15 is 0 Å². The molecule has 0 unspecified atom stereocenters. The normalized spacial score (nSPS) is 23.6. The molecular formula is C48H58N4O9. The topological polar surface area (TPSA) is 180 Å². The first kappa shape index (κ1) is 45.7. The zero-order valence-electron chi connectivity index (χ0n) is 33.3. The van der Waals surface area contributed by atoms with Gasteiger partial charge in [-0.3, -0.25) is 4.79 Å². The van der Waals surface area contributed by atoms with Gasteiger partial charge in [-0.05, 0) is 97.6 Å². The van der Waals surface area contributed by atoms with Gasteiger partial charge in [-0.2, -0.15) is 5.26 Å². The van der Waals surface area contributed by atoms with Crippen LogP contribution >= 0.6 is 0 Å². The molecule has 2 spiro atoms. The number of benzene rings is 4. The molecule has 13 nitrogen and oxygen atoms in total. The summed E-state index contributed by atoms with van der Waals surface area (Å²) in [6.45, 7) is 0.544. The first-order valence-electron chi connectivity index (χ1n) is 19.9. The third kappa shape index (κ3) is 11.0. The van der Waals surface area contributed by atoms with Crippen LogP contribution in [-0.4, -0.2) is 56.6 Å². The van der Waals surface area contributed by atoms with Gasteiger partial charge in [0.15, 0.2) is 23.0 Å². The molecule has 4 aliphatic carbocycles. The van der Waals surface area contributed by atoms with Crippen molar-refractivity contribution in [1.29, 1.82) is 5.26 Å². The van der Waals surface area contributed by atoms with Crippen LogP contribution in [0.15, 0.2) is 97.1 Å². The number of amides is 3. The van der Waals surface area contributed by atoms with E-state index in [4.69, 9.17) is 34.2 Å². The summed E-state index contributed by atoms with van der Waals surface area (Å²) in [5.74, 6) is 1.47. The van der Waals surface area contributed by atoms with Gasteiger partial charge >= 0.3 is 12.2 Å². The van der Waals surface area contributed by atoms with Crippen LogP contribution < -0.4 is 35.3 Å². The van der Waals surface area contributed by atoms with Gasteiger partial charge in [0.1, 0.15) is 31.5 Å². The standard InChI is InChI=1S/C23H26N2O5.C23H24N2O4.2CH4/c1-28-19-9-5-8-18(21(24)26)20(19)30-17-12-23(13-17)10-16(11-23)25-22(27)29-14-15-6-3-2-4-7-15;1-27-20-9-5-8-17(14-24)21(20)29-19-12-23(13-19)10-18(11-23)25-22(26)28-15-16-6-3-2-4-7-16;;/h2-9,16-17H,10-14H2,1H3,(H2,24,26)(H,25,27);2-9,18-19H,10-13,15H2,1H3,(H,25,26);2*1H4. The Morgan fingerprint density at radius 1 is 0.623 bits per heavy atom. The highest BCUT2D eigenvalue weighted by Gasteiger charge is 2.55. The van der Waals surface area contributed by atoms with Crippen LogP contribution in [0.3, 0.4) is 0 Å². The molecule has 13 heteroatoms. The third-order valence-electron chi connectivity index (χ3n) is 11.8. The number of nitriles is 1. The fourth-order valence-electron chi connectivity index (χ4n) is 8.90. The minimum atomic E-state index is -0.542. The zero-order chi connectivity index (χ0) is 41.4. The number of alkyl carbamates (subject to hydrolysis) is 2. The molecule has 0 saturated heterocycles. The van der Waals surface area contributed by atoms with Crippen LogP contribution in [-0.2, 0) is 22.7 Å². The predicted octanol–water partition coefficient (Wildman–Crippen LogP) is 8.87. The van der Waals surface area contributed by atoms with Crippen LogP contribution in [0.1, 0.15) is 93.3 Å². The summed E-state index contributed by atoms with van der Waals surface area (Å²) < 4.78 is 33.3. The van der Waals surface area contributed by atoms with E-state index in [2.05, 4.69) is 16.7 Å². The molecule has 4 aliphatic rings. The number of hydrogen-bond donors (Lipinski definition) is 3. The van der Waals surface area contributed by atoms with Gasteiger partial charge in [-0.1, -0.05) is 87.6 Å². The number of carbonyl (C=O) groups excluding carboxylic acids is 3. The monoisotopic (exact) mass is 834 g/mol. The zero-order valence-corrected chi connectivity index (χ0v) is 33.3. The van der Waals surface area contributed by atoms with E-state index < -0.39 is 5.91 Å². The average molecular weight is 835 g/mol. The summed E-state index contributed by atoms with van der Waals surface area (Å²) in [7, 11) is 3.11. The molecule has 0 atom stereocenters. The lowest BCUT2D eigenvalue weighted by Gasteiger charge is -2.57. The van der Waals surface area contributed by atoms with E-state index in [1.54, 1.807) is 43.5 Å². The molecule has 3 amide bonds. The molecule has 4 saturated carbocycles. The first-order chi connectivity index (χ1) is 28.6. The Kier molecular flexibility index (Phi) is 15.1. The van der Waals surface area contributed by atoms with Gasteiger partial charge < -0.3 is 44.8 Å². The third-order valence-corrected chi connectivity index (χ3v) is 11.8. The molecule has 61 heavy (non-hydrogen) atoms. The molecule has 8 rings (SSSR count). The van der Waals surface area contributed by atoms with Crippen molar-refractivity contribution in [3.05, 3.63) is 119 Å². The van der Waals surface area contributed by atoms with Gasteiger partial charge in [0.2, 0.25) is 0 Å². The fourth-order valence-corrected chi connectivity index (χ4v) is 8.90. The van der Waals surface area contributed by atoms with Crippen LogP contribution in [0.4, 0.5) is 9.59 Å². The maximum atomic E-state index is 12.0. The molecule has 0 aromatic heterocycles. The van der Waals surface area contributed by atoms with Gasteiger partial charge in [0.05, 0.1) is 25.3 Å². The van der Waals surface area contributed by atoms with Crippen molar-refractivity contribution in [3.63, 3.8) is 0 Å². The first-order valence-corrected chi connectivity index (χ1v) is 19.9. The maximum absolute atomic E-state index is 12.0. The second kappa shape index (κ2) is 20.2. The Labute approximate surface area is 358 Å². The number of para-hydroxylation sites is 2. The van der Waals surface area contributed by atoms with Crippen molar-refractivity contribution in [2.45, 2.75) is 104 Å². The molecule has 0 radical (unpaired) electrons. The van der Waals surface area contributed by atoms with Gasteiger partial charge in [0.25, 0.3) is 5.91 Å². The van der Waals surface area contributed by atoms with Gasteiger partial charge in [-0.25, -0.2) is 9.59 Å². The summed E-state index contributed by atoms with van der Waals surface area (Å²) in [5.41, 5.74) is 8.63. The predicted molar refractivity (Wildman–Crippen MR) is 230 cm³/mol. The number of hydrogen-bond acceptors (Lipinski definition) is 10. The van der Waals surface area contributed by atoms with Gasteiger partial charge in [0, 0.05) is 12.1 Å². The second-order valence-corrected chi connectivity index (χ2v) is 16.1. The highest BCUT2D eigenvalue weighted by Crippen LogP contribution is 2.58. The number of nitrogens with zero attached hydrogens (tertiary/aromatic N) is 1. The van der Waals surface area contributed by atoms with Crippen molar-refractivity contribution in [3.8, 4) is 29.1 Å². The maximum Gasteiger partial charge on any atom is 0.407 e. The highest BCUT2D eigenvalue weighted by atomic mass is 16.6. The molecule has 4 aromatic carbocycles. The number of rotatable bonds is 13. The largest absolute Gasteiger partial charge is 0.493 e. The summed E-state index contributed by atoms with van der Waals surface area (Å²) >= 11 is 0. The number of nitrogens with one attached hydrogen (secondary N) is 2. The van der Waals surface area contributed by atoms with Crippen LogP contribution in [0, 0.1) is 22.2 Å². The van der Waals surface area contributed by atoms with E-state index in [9.17, 15) is 19.6 Å². The van der Waals surface area contributed by atoms with E-state index in [0.29, 0.717) is 34.1 Å². The highest BCUT2D eigenvalue weighted by molar-refractivity contribution is 5.96. The summed E-state index contributed by atoms with van der Waals surface area (Å²) in [5, 5.41) is 15.2. The van der Waals surface area contributed by atoms with Crippen LogP contribution in [0.25, 0.3) is 0 Å². The van der Waals surface area contributed by atoms with Crippen molar-refractivity contribution in [1.82, 2.24) is 10.6 Å². The van der Waals surface area contributed by atoms with E-state index in [1.807, 2.05) is 60.7 Å². The molecular weight excluding hydrogens is 777 g/mol. The van der Waals surface area contributed by atoms with Crippen molar-refractivity contribution in [2.75, 3.05) is 14.2 Å². The Morgan fingerprint density at radius 2 is 1.05 bits per heavy atom. The van der Waals surface area contributed by atoms with Crippen molar-refractivity contribution >= 4 is 18.1 Å².